The summed E-state index contributed by atoms with van der Waals surface area (Å²) in [4.78, 5) is 59.9. The van der Waals surface area contributed by atoms with Crippen molar-refractivity contribution >= 4 is 23.1 Å². The lowest BCUT2D eigenvalue weighted by Gasteiger charge is -2.62. The maximum atomic E-state index is 15.4. The van der Waals surface area contributed by atoms with E-state index in [1.165, 1.54) is 23.3 Å². The van der Waals surface area contributed by atoms with Gasteiger partial charge in [0.25, 0.3) is 0 Å². The smallest absolute Gasteiger partial charge is 0.181 e. The van der Waals surface area contributed by atoms with Gasteiger partial charge in [-0.2, -0.15) is 0 Å². The van der Waals surface area contributed by atoms with E-state index in [0.29, 0.717) is 19.3 Å². The molecule has 49 heavy (non-hydrogen) atoms. The Labute approximate surface area is 294 Å². The molecule has 1 aromatic carbocycles. The molecule has 0 saturated heterocycles. The first-order valence-corrected chi connectivity index (χ1v) is 17.7. The number of hydrogen-bond donors (Lipinski definition) is 2. The Morgan fingerprint density at radius 3 is 1.90 bits per heavy atom. The molecule has 0 amide bonds. The summed E-state index contributed by atoms with van der Waals surface area (Å²) in [5, 5.41) is 20.2. The number of aromatic hydroxyl groups is 2. The molecular weight excluding hydrogens is 612 g/mol. The molecule has 0 aromatic heterocycles. The molecule has 0 aliphatic heterocycles. The topological polar surface area (TPSA) is 109 Å². The Morgan fingerprint density at radius 1 is 0.755 bits per heavy atom. The van der Waals surface area contributed by atoms with Gasteiger partial charge in [-0.05, 0) is 143 Å². The van der Waals surface area contributed by atoms with Crippen molar-refractivity contribution in [2.24, 2.45) is 28.1 Å². The van der Waals surface area contributed by atoms with Gasteiger partial charge in [0, 0.05) is 5.56 Å². The summed E-state index contributed by atoms with van der Waals surface area (Å²) in [7, 11) is 0. The van der Waals surface area contributed by atoms with Crippen molar-refractivity contribution in [3.63, 3.8) is 0 Å². The van der Waals surface area contributed by atoms with Crippen LogP contribution in [0.1, 0.15) is 131 Å². The molecule has 2 saturated carbocycles. The van der Waals surface area contributed by atoms with E-state index in [1.54, 1.807) is 0 Å². The number of fused-ring (bicyclic) bond motifs is 2. The molecule has 1 unspecified atom stereocenters. The maximum absolute atomic E-state index is 15.4. The van der Waals surface area contributed by atoms with E-state index < -0.39 is 51.0 Å². The molecule has 1 aromatic rings. The van der Waals surface area contributed by atoms with Gasteiger partial charge in [0.15, 0.2) is 34.6 Å². The summed E-state index contributed by atoms with van der Waals surface area (Å²) in [5.74, 6) is -5.22. The second-order valence-corrected chi connectivity index (χ2v) is 15.8. The summed E-state index contributed by atoms with van der Waals surface area (Å²) in [5.41, 5.74) is 1.39. The zero-order valence-electron chi connectivity index (χ0n) is 31.5. The van der Waals surface area contributed by atoms with Crippen LogP contribution in [0.2, 0.25) is 0 Å². The number of allylic oxidation sites excluding steroid dienone is 10. The van der Waals surface area contributed by atoms with Gasteiger partial charge >= 0.3 is 0 Å². The van der Waals surface area contributed by atoms with Crippen molar-refractivity contribution < 1.29 is 29.4 Å². The summed E-state index contributed by atoms with van der Waals surface area (Å²) in [6.07, 6.45) is 14.5. The maximum Gasteiger partial charge on any atom is 0.181 e. The lowest BCUT2D eigenvalue weighted by molar-refractivity contribution is -0.185. The van der Waals surface area contributed by atoms with Gasteiger partial charge in [0.05, 0.1) is 10.8 Å². The fraction of sp³-hybridized carbons (Fsp3) is 0.535. The fourth-order valence-electron chi connectivity index (χ4n) is 7.98. The summed E-state index contributed by atoms with van der Waals surface area (Å²) >= 11 is 0. The number of phenols is 2. The Kier molecular flexibility index (Phi) is 12.8. The molecule has 6 heteroatoms. The molecule has 2 aliphatic rings. The molecule has 2 N–H and O–H groups in total. The van der Waals surface area contributed by atoms with Gasteiger partial charge in [0.2, 0.25) is 0 Å². The standard InChI is InChI=1S/C43H58O6/c1-27(2)13-11-15-31(9)16-18-33-26-42(23-20-29(5)6)38(47)36(37(46)32-17-19-34(44)35(45)25-32)39(48)43(40(42)49,24-21-30(7)8)41(33,10)22-12-14-28(3)4/h13-14,16-17,19-21,25,33,36,44-45H,11-12,15,18,22-24,26H2,1-10H3/b31-16+/t33-,36?,41+,42-,43+/m0/s1. The second kappa shape index (κ2) is 15.8. The minimum Gasteiger partial charge on any atom is -0.504 e. The van der Waals surface area contributed by atoms with Crippen LogP contribution < -0.4 is 0 Å². The first-order valence-electron chi connectivity index (χ1n) is 17.7. The van der Waals surface area contributed by atoms with Crippen molar-refractivity contribution in [3.05, 3.63) is 82.0 Å². The average Bonchev–Trinajstić information content (AvgIpc) is 3.00. The highest BCUT2D eigenvalue weighted by atomic mass is 16.3. The van der Waals surface area contributed by atoms with Crippen molar-refractivity contribution in [2.45, 2.75) is 121 Å². The predicted octanol–water partition coefficient (Wildman–Crippen LogP) is 10.2. The summed E-state index contributed by atoms with van der Waals surface area (Å²) in [6, 6.07) is 3.58. The Morgan fingerprint density at radius 2 is 1.33 bits per heavy atom. The number of carbonyl (C=O) groups is 4. The number of phenolic OH excluding ortho intramolecular Hbond substituents is 2. The van der Waals surface area contributed by atoms with Gasteiger partial charge in [-0.3, -0.25) is 19.2 Å². The van der Waals surface area contributed by atoms with Crippen LogP contribution in [-0.2, 0) is 14.4 Å². The van der Waals surface area contributed by atoms with Crippen molar-refractivity contribution in [1.29, 1.82) is 0 Å². The van der Waals surface area contributed by atoms with Crippen molar-refractivity contribution in [1.82, 2.24) is 0 Å². The van der Waals surface area contributed by atoms with E-state index >= 15 is 9.59 Å². The number of hydrogen-bond acceptors (Lipinski definition) is 6. The normalized spacial score (nSPS) is 26.6. The Bertz CT molecular complexity index is 1620. The third-order valence-corrected chi connectivity index (χ3v) is 11.0. The van der Waals surface area contributed by atoms with Gasteiger partial charge in [0.1, 0.15) is 5.92 Å². The van der Waals surface area contributed by atoms with Gasteiger partial charge in [-0.15, -0.1) is 0 Å². The highest BCUT2D eigenvalue weighted by Crippen LogP contribution is 2.67. The third kappa shape index (κ3) is 8.00. The lowest BCUT2D eigenvalue weighted by Crippen LogP contribution is -2.72. The van der Waals surface area contributed by atoms with E-state index in [1.807, 2.05) is 60.6 Å². The molecule has 3 rings (SSSR count). The Balaban J connectivity index is 2.38. The summed E-state index contributed by atoms with van der Waals surface area (Å²) < 4.78 is 0. The Hall–Kier alpha value is -3.80. The number of benzene rings is 1. The zero-order chi connectivity index (χ0) is 36.9. The first-order chi connectivity index (χ1) is 22.8. The molecule has 0 radical (unpaired) electrons. The van der Waals surface area contributed by atoms with E-state index in [-0.39, 0.29) is 36.5 Å². The second-order valence-electron chi connectivity index (χ2n) is 15.8. The highest BCUT2D eigenvalue weighted by molar-refractivity contribution is 6.38. The number of carbonyl (C=O) groups excluding carboxylic acids is 4. The van der Waals surface area contributed by atoms with Gasteiger partial charge in [-0.1, -0.05) is 65.2 Å². The zero-order valence-corrected chi connectivity index (χ0v) is 31.5. The molecule has 2 fully saturated rings. The van der Waals surface area contributed by atoms with Crippen molar-refractivity contribution in [2.75, 3.05) is 0 Å². The molecule has 266 valence electrons. The molecule has 2 bridgehead atoms. The van der Waals surface area contributed by atoms with Crippen molar-refractivity contribution in [3.8, 4) is 11.5 Å². The monoisotopic (exact) mass is 670 g/mol. The van der Waals surface area contributed by atoms with E-state index in [9.17, 15) is 19.8 Å². The number of Topliss-reactive ketones (excluding diaryl/α,β-unsaturated/α-hetero) is 4. The van der Waals surface area contributed by atoms with Crippen LogP contribution in [-0.4, -0.2) is 33.3 Å². The van der Waals surface area contributed by atoms with E-state index in [4.69, 9.17) is 0 Å². The van der Waals surface area contributed by atoms with Gasteiger partial charge in [-0.25, -0.2) is 0 Å². The van der Waals surface area contributed by atoms with Crippen LogP contribution in [0.3, 0.4) is 0 Å². The van der Waals surface area contributed by atoms with Crippen LogP contribution in [0.25, 0.3) is 0 Å². The number of rotatable bonds is 14. The highest BCUT2D eigenvalue weighted by Gasteiger charge is 2.75. The molecule has 0 heterocycles. The van der Waals surface area contributed by atoms with Crippen LogP contribution in [0.5, 0.6) is 11.5 Å². The van der Waals surface area contributed by atoms with Crippen LogP contribution in [0.15, 0.2) is 76.4 Å². The fourth-order valence-corrected chi connectivity index (χ4v) is 7.98. The van der Waals surface area contributed by atoms with Crippen LogP contribution >= 0.6 is 0 Å². The number of ketones is 4. The third-order valence-electron chi connectivity index (χ3n) is 11.0. The van der Waals surface area contributed by atoms with E-state index in [0.717, 1.165) is 35.6 Å². The van der Waals surface area contributed by atoms with Crippen LogP contribution in [0.4, 0.5) is 0 Å². The van der Waals surface area contributed by atoms with Gasteiger partial charge < -0.3 is 10.2 Å². The SMILES string of the molecule is CC(C)=CCC/C(C)=C/C[C@H]1C[C@@]2(CC=C(C)C)C(=O)C(C(=O)c3ccc(O)c(O)c3)C(=O)[C@](CC=C(C)C)(C2=O)[C@]1(C)CCC=C(C)C. The first kappa shape index (κ1) is 39.6. The minimum absolute atomic E-state index is 0.0538. The molecule has 0 spiro atoms. The average molecular weight is 671 g/mol. The molecule has 6 nitrogen and oxygen atoms in total. The lowest BCUT2D eigenvalue weighted by atomic mass is 9.36. The molecular formula is C43H58O6. The predicted molar refractivity (Wildman–Crippen MR) is 197 cm³/mol. The molecule has 2 aliphatic carbocycles. The van der Waals surface area contributed by atoms with E-state index in [2.05, 4.69) is 39.0 Å². The molecule has 5 atom stereocenters. The quantitative estimate of drug-likeness (QED) is 0.0883. The van der Waals surface area contributed by atoms with Crippen LogP contribution in [0, 0.1) is 28.1 Å². The largest absolute Gasteiger partial charge is 0.504 e. The summed E-state index contributed by atoms with van der Waals surface area (Å²) in [6.45, 7) is 20.1. The minimum atomic E-state index is -1.71.